The Hall–Kier alpha value is -3.79. The molecule has 0 bridgehead atoms. The molecule has 0 atom stereocenters. The highest BCUT2D eigenvalue weighted by Crippen LogP contribution is 2.29. The second-order valence-corrected chi connectivity index (χ2v) is 8.93. The van der Waals surface area contributed by atoms with Crippen molar-refractivity contribution in [2.45, 2.75) is 32.9 Å². The van der Waals surface area contributed by atoms with Crippen molar-refractivity contribution >= 4 is 33.4 Å². The molecule has 200 valence electrons. The van der Waals surface area contributed by atoms with Crippen LogP contribution in [0.4, 0.5) is 5.82 Å². The predicted molar refractivity (Wildman–Crippen MR) is 149 cm³/mol. The van der Waals surface area contributed by atoms with Gasteiger partial charge in [0.05, 0.1) is 25.3 Å². The summed E-state index contributed by atoms with van der Waals surface area (Å²) in [4.78, 5) is 20.6. The first kappa shape index (κ1) is 27.3. The molecule has 4 rings (SSSR count). The molecule has 0 saturated carbocycles. The zero-order valence-electron chi connectivity index (χ0n) is 21.7. The second kappa shape index (κ2) is 13.7. The van der Waals surface area contributed by atoms with Gasteiger partial charge in [0, 0.05) is 59.4 Å². The third-order valence-electron chi connectivity index (χ3n) is 6.24. The molecule has 4 aromatic rings. The monoisotopic (exact) mass is 517 g/mol. The normalized spacial score (nSPS) is 11.2. The Kier molecular flexibility index (Phi) is 9.80. The van der Waals surface area contributed by atoms with Gasteiger partial charge in [0.25, 0.3) is 0 Å². The Morgan fingerprint density at radius 3 is 2.74 bits per heavy atom. The quantitative estimate of drug-likeness (QED) is 0.138. The molecule has 1 amide bonds. The number of nitrogens with zero attached hydrogens (tertiary/aromatic N) is 2. The number of amides is 1. The van der Waals surface area contributed by atoms with Crippen LogP contribution in [0.25, 0.3) is 21.7 Å². The van der Waals surface area contributed by atoms with Gasteiger partial charge < -0.3 is 30.9 Å². The summed E-state index contributed by atoms with van der Waals surface area (Å²) >= 11 is 0. The summed E-state index contributed by atoms with van der Waals surface area (Å²) in [5.74, 6) is 0.984. The fourth-order valence-corrected chi connectivity index (χ4v) is 4.33. The Morgan fingerprint density at radius 2 is 1.92 bits per heavy atom. The third kappa shape index (κ3) is 6.95. The van der Waals surface area contributed by atoms with Crippen molar-refractivity contribution in [3.05, 3.63) is 71.5 Å². The minimum atomic E-state index is -0.481. The number of nitrogens with one attached hydrogen (secondary N) is 2. The average Bonchev–Trinajstić information content (AvgIpc) is 2.94. The van der Waals surface area contributed by atoms with E-state index in [9.17, 15) is 9.90 Å². The van der Waals surface area contributed by atoms with Crippen LogP contribution in [0.5, 0.6) is 5.75 Å². The lowest BCUT2D eigenvalue weighted by atomic mass is 10.1. The number of aromatic nitrogens is 2. The maximum atomic E-state index is 11.6. The maximum absolute atomic E-state index is 11.6. The van der Waals surface area contributed by atoms with E-state index in [1.807, 2.05) is 37.3 Å². The summed E-state index contributed by atoms with van der Waals surface area (Å²) in [6.45, 7) is 5.95. The molecular weight excluding hydrogens is 482 g/mol. The van der Waals surface area contributed by atoms with Gasteiger partial charge in [0.2, 0.25) is 5.91 Å². The topological polar surface area (TPSA) is 132 Å². The van der Waals surface area contributed by atoms with Crippen LogP contribution in [0.3, 0.4) is 0 Å². The van der Waals surface area contributed by atoms with Gasteiger partial charge in [-0.2, -0.15) is 0 Å². The number of fused-ring (bicyclic) bond motifs is 3. The van der Waals surface area contributed by atoms with Gasteiger partial charge in [-0.25, -0.2) is 4.98 Å². The third-order valence-corrected chi connectivity index (χ3v) is 6.24. The second-order valence-electron chi connectivity index (χ2n) is 8.93. The Balaban J connectivity index is 1.18. The summed E-state index contributed by atoms with van der Waals surface area (Å²) in [7, 11) is 0. The number of unbranched alkanes of at least 4 members (excludes halogenated alkanes) is 1. The number of carbonyl (C=O) groups excluding carboxylic acids is 1. The molecule has 9 heteroatoms. The highest BCUT2D eigenvalue weighted by Gasteiger charge is 2.10. The summed E-state index contributed by atoms with van der Waals surface area (Å²) in [5.41, 5.74) is 8.49. The standard InChI is InChI=1S/C29H35N5O4/c1-2-38-27-8-5-20(15-22(27)19-35)17-31-10-3-4-13-37-14-12-33-29-24-9-11-32-18-25(24)23-7-6-21(28(30)36)16-26(23)34-29/h5-9,11,15-16,18,31,35H,2-4,10,12-14,17,19H2,1H3,(H2,30,36)(H,33,34). The molecular formula is C29H35N5O4. The van der Waals surface area contributed by atoms with Crippen LogP contribution >= 0.6 is 0 Å². The largest absolute Gasteiger partial charge is 0.494 e. The Labute approximate surface area is 222 Å². The molecule has 0 radical (unpaired) electrons. The molecule has 0 aliphatic heterocycles. The number of primary amides is 1. The average molecular weight is 518 g/mol. The number of ether oxygens (including phenoxy) is 2. The molecule has 0 spiro atoms. The molecule has 0 aliphatic carbocycles. The number of carbonyl (C=O) groups is 1. The van der Waals surface area contributed by atoms with Crippen LogP contribution in [-0.4, -0.2) is 53.9 Å². The van der Waals surface area contributed by atoms with Gasteiger partial charge in [-0.3, -0.25) is 9.78 Å². The molecule has 2 aromatic carbocycles. The maximum Gasteiger partial charge on any atom is 0.248 e. The number of aliphatic hydroxyl groups is 1. The van der Waals surface area contributed by atoms with Crippen molar-refractivity contribution < 1.29 is 19.4 Å². The van der Waals surface area contributed by atoms with Crippen LogP contribution in [0.15, 0.2) is 54.9 Å². The predicted octanol–water partition coefficient (Wildman–Crippen LogP) is 3.77. The van der Waals surface area contributed by atoms with Crippen LogP contribution in [0.1, 0.15) is 41.3 Å². The number of nitrogens with two attached hydrogens (primary N) is 1. The van der Waals surface area contributed by atoms with Gasteiger partial charge in [-0.1, -0.05) is 12.1 Å². The molecule has 2 heterocycles. The molecule has 9 nitrogen and oxygen atoms in total. The van der Waals surface area contributed by atoms with E-state index in [0.717, 1.165) is 64.8 Å². The molecule has 0 unspecified atom stereocenters. The van der Waals surface area contributed by atoms with E-state index >= 15 is 0 Å². The van der Waals surface area contributed by atoms with E-state index in [1.165, 1.54) is 0 Å². The summed E-state index contributed by atoms with van der Waals surface area (Å²) in [6.07, 6.45) is 5.51. The zero-order valence-corrected chi connectivity index (χ0v) is 21.7. The van der Waals surface area contributed by atoms with Crippen molar-refractivity contribution in [1.29, 1.82) is 0 Å². The smallest absolute Gasteiger partial charge is 0.248 e. The molecule has 38 heavy (non-hydrogen) atoms. The molecule has 0 saturated heterocycles. The summed E-state index contributed by atoms with van der Waals surface area (Å²) < 4.78 is 11.3. The van der Waals surface area contributed by atoms with Crippen molar-refractivity contribution in [3.63, 3.8) is 0 Å². The van der Waals surface area contributed by atoms with E-state index in [-0.39, 0.29) is 6.61 Å². The number of pyridine rings is 2. The highest BCUT2D eigenvalue weighted by atomic mass is 16.5. The van der Waals surface area contributed by atoms with Crippen LogP contribution in [0.2, 0.25) is 0 Å². The van der Waals surface area contributed by atoms with E-state index in [0.29, 0.717) is 37.4 Å². The minimum absolute atomic E-state index is 0.0318. The number of hydrogen-bond donors (Lipinski definition) is 4. The number of hydrogen-bond acceptors (Lipinski definition) is 8. The van der Waals surface area contributed by atoms with E-state index in [1.54, 1.807) is 24.5 Å². The lowest BCUT2D eigenvalue weighted by Crippen LogP contribution is -2.16. The van der Waals surface area contributed by atoms with Crippen molar-refractivity contribution in [2.24, 2.45) is 5.73 Å². The molecule has 0 fully saturated rings. The molecule has 0 aliphatic rings. The minimum Gasteiger partial charge on any atom is -0.494 e. The van der Waals surface area contributed by atoms with Crippen LogP contribution in [0, 0.1) is 0 Å². The Morgan fingerprint density at radius 1 is 1.03 bits per heavy atom. The number of rotatable bonds is 15. The molecule has 2 aromatic heterocycles. The van der Waals surface area contributed by atoms with Gasteiger partial charge in [-0.15, -0.1) is 0 Å². The fourth-order valence-electron chi connectivity index (χ4n) is 4.33. The van der Waals surface area contributed by atoms with Gasteiger partial charge in [0.1, 0.15) is 11.6 Å². The first-order valence-electron chi connectivity index (χ1n) is 13.0. The van der Waals surface area contributed by atoms with Gasteiger partial charge in [0.15, 0.2) is 0 Å². The Bertz CT molecular complexity index is 1380. The van der Waals surface area contributed by atoms with Crippen molar-refractivity contribution in [1.82, 2.24) is 15.3 Å². The SMILES string of the molecule is CCOc1ccc(CNCCCCOCCNc2nc3cc(C(N)=O)ccc3c3cnccc23)cc1CO. The van der Waals surface area contributed by atoms with Crippen molar-refractivity contribution in [2.75, 3.05) is 38.2 Å². The number of benzene rings is 2. The molecule has 5 N–H and O–H groups in total. The van der Waals surface area contributed by atoms with Crippen LogP contribution < -0.4 is 21.1 Å². The number of anilines is 1. The first-order valence-corrected chi connectivity index (χ1v) is 13.0. The van der Waals surface area contributed by atoms with Crippen LogP contribution in [-0.2, 0) is 17.9 Å². The zero-order chi connectivity index (χ0) is 26.7. The van der Waals surface area contributed by atoms with Crippen molar-refractivity contribution in [3.8, 4) is 5.75 Å². The first-order chi connectivity index (χ1) is 18.6. The van der Waals surface area contributed by atoms with E-state index in [2.05, 4.69) is 15.6 Å². The summed E-state index contributed by atoms with van der Waals surface area (Å²) in [5, 5.41) is 19.2. The van der Waals surface area contributed by atoms with E-state index in [4.69, 9.17) is 20.2 Å². The van der Waals surface area contributed by atoms with E-state index < -0.39 is 5.91 Å². The van der Waals surface area contributed by atoms with Gasteiger partial charge >= 0.3 is 0 Å². The van der Waals surface area contributed by atoms with Gasteiger partial charge in [-0.05, 0) is 62.2 Å². The fraction of sp³-hybridized carbons (Fsp3) is 0.345. The highest BCUT2D eigenvalue weighted by molar-refractivity contribution is 6.11. The summed E-state index contributed by atoms with van der Waals surface area (Å²) in [6, 6.07) is 13.1. The lowest BCUT2D eigenvalue weighted by molar-refractivity contribution is 0.100. The number of aliphatic hydroxyl groups excluding tert-OH is 1. The lowest BCUT2D eigenvalue weighted by Gasteiger charge is -2.12.